The molecule has 11 heavy (non-hydrogen) atoms. The van der Waals surface area contributed by atoms with Gasteiger partial charge in [0.25, 0.3) is 0 Å². The molecule has 1 aliphatic rings. The third-order valence-electron chi connectivity index (χ3n) is 1.66. The lowest BCUT2D eigenvalue weighted by Gasteiger charge is -1.91. The summed E-state index contributed by atoms with van der Waals surface area (Å²) in [7, 11) is 0. The molecule has 0 saturated heterocycles. The van der Waals surface area contributed by atoms with Gasteiger partial charge in [0.05, 0.1) is 0 Å². The van der Waals surface area contributed by atoms with Gasteiger partial charge in [-0.25, -0.2) is 0 Å². The van der Waals surface area contributed by atoms with Crippen LogP contribution >= 0.6 is 11.8 Å². The zero-order valence-corrected chi connectivity index (χ0v) is 7.91. The van der Waals surface area contributed by atoms with E-state index in [1.165, 1.54) is 25.0 Å². The van der Waals surface area contributed by atoms with Gasteiger partial charge in [-0.1, -0.05) is 5.92 Å². The Labute approximate surface area is 74.1 Å². The molecular weight excluding hydrogens is 152 g/mol. The van der Waals surface area contributed by atoms with Crippen LogP contribution in [0.4, 0.5) is 0 Å². The minimum Gasteiger partial charge on any atom is -0.165 e. The summed E-state index contributed by atoms with van der Waals surface area (Å²) in [5.41, 5.74) is 0. The lowest BCUT2D eigenvalue weighted by Crippen LogP contribution is -1.77. The van der Waals surface area contributed by atoms with E-state index in [4.69, 9.17) is 0 Å². The molecule has 1 rings (SSSR count). The third-order valence-corrected chi connectivity index (χ3v) is 2.36. The van der Waals surface area contributed by atoms with Crippen LogP contribution < -0.4 is 0 Å². The third kappa shape index (κ3) is 5.21. The van der Waals surface area contributed by atoms with E-state index in [0.29, 0.717) is 5.92 Å². The number of rotatable bonds is 4. The van der Waals surface area contributed by atoms with Crippen LogP contribution in [0, 0.1) is 24.2 Å². The summed E-state index contributed by atoms with van der Waals surface area (Å²) in [6, 6.07) is 0. The van der Waals surface area contributed by atoms with Crippen molar-refractivity contribution in [2.24, 2.45) is 5.92 Å². The van der Waals surface area contributed by atoms with E-state index in [2.05, 4.69) is 24.5 Å². The molecule has 0 aromatic rings. The first kappa shape index (κ1) is 9.00. The maximum absolute atomic E-state index is 3.22. The van der Waals surface area contributed by atoms with Gasteiger partial charge in [0.1, 0.15) is 0 Å². The average Bonchev–Trinajstić information content (AvgIpc) is 2.80. The highest BCUT2D eigenvalue weighted by Crippen LogP contribution is 2.25. The highest BCUT2D eigenvalue weighted by Gasteiger charge is 2.17. The van der Waals surface area contributed by atoms with Crippen LogP contribution in [0.5, 0.6) is 0 Å². The van der Waals surface area contributed by atoms with E-state index in [0.717, 1.165) is 6.42 Å². The van der Waals surface area contributed by atoms with Crippen molar-refractivity contribution in [3.63, 3.8) is 0 Å². The van der Waals surface area contributed by atoms with Crippen LogP contribution in [0.3, 0.4) is 0 Å². The SMILES string of the molecule is CSCCCCC#CC1[CH]C1. The minimum atomic E-state index is 0.663. The Morgan fingerprint density at radius 3 is 3.00 bits per heavy atom. The zero-order chi connectivity index (χ0) is 7.94. The van der Waals surface area contributed by atoms with Crippen molar-refractivity contribution in [3.05, 3.63) is 6.42 Å². The maximum atomic E-state index is 3.22. The normalized spacial score (nSPS) is 15.7. The molecule has 0 nitrogen and oxygen atoms in total. The van der Waals surface area contributed by atoms with E-state index < -0.39 is 0 Å². The Kier molecular flexibility index (Phi) is 4.54. The fourth-order valence-electron chi connectivity index (χ4n) is 0.849. The second kappa shape index (κ2) is 5.55. The lowest BCUT2D eigenvalue weighted by molar-refractivity contribution is 0.836. The predicted octanol–water partition coefficient (Wildman–Crippen LogP) is 2.75. The average molecular weight is 167 g/mol. The quantitative estimate of drug-likeness (QED) is 0.458. The molecule has 1 heteroatoms. The van der Waals surface area contributed by atoms with Crippen molar-refractivity contribution in [1.29, 1.82) is 0 Å². The maximum Gasteiger partial charge on any atom is 0.0237 e. The summed E-state index contributed by atoms with van der Waals surface area (Å²) in [6.07, 6.45) is 9.35. The number of hydrogen-bond donors (Lipinski definition) is 0. The van der Waals surface area contributed by atoms with Gasteiger partial charge in [-0.3, -0.25) is 0 Å². The van der Waals surface area contributed by atoms with Crippen LogP contribution in [-0.4, -0.2) is 12.0 Å². The van der Waals surface area contributed by atoms with Gasteiger partial charge in [0, 0.05) is 12.3 Å². The first-order chi connectivity index (χ1) is 5.43. The smallest absolute Gasteiger partial charge is 0.0237 e. The molecule has 0 bridgehead atoms. The van der Waals surface area contributed by atoms with Crippen molar-refractivity contribution in [1.82, 2.24) is 0 Å². The molecule has 0 aromatic carbocycles. The summed E-state index contributed by atoms with van der Waals surface area (Å²) < 4.78 is 0. The summed E-state index contributed by atoms with van der Waals surface area (Å²) in [6.45, 7) is 0. The lowest BCUT2D eigenvalue weighted by atomic mass is 10.2. The van der Waals surface area contributed by atoms with Crippen LogP contribution in [-0.2, 0) is 0 Å². The molecule has 1 aliphatic carbocycles. The van der Waals surface area contributed by atoms with Gasteiger partial charge < -0.3 is 0 Å². The Morgan fingerprint density at radius 1 is 1.55 bits per heavy atom. The molecule has 0 heterocycles. The molecular formula is C10H15S. The molecule has 1 saturated carbocycles. The second-order valence-electron chi connectivity index (χ2n) is 2.85. The Hall–Kier alpha value is -0.0900. The number of thioether (sulfide) groups is 1. The molecule has 1 fully saturated rings. The van der Waals surface area contributed by atoms with E-state index in [-0.39, 0.29) is 0 Å². The largest absolute Gasteiger partial charge is 0.165 e. The first-order valence-electron chi connectivity index (χ1n) is 4.24. The van der Waals surface area contributed by atoms with Crippen LogP contribution in [0.1, 0.15) is 25.7 Å². The molecule has 1 radical (unpaired) electrons. The van der Waals surface area contributed by atoms with Crippen molar-refractivity contribution in [3.8, 4) is 11.8 Å². The van der Waals surface area contributed by atoms with E-state index in [1.807, 2.05) is 11.8 Å². The van der Waals surface area contributed by atoms with Gasteiger partial charge in [0.15, 0.2) is 0 Å². The topological polar surface area (TPSA) is 0 Å². The molecule has 0 aliphatic heterocycles. The highest BCUT2D eigenvalue weighted by atomic mass is 32.2. The van der Waals surface area contributed by atoms with E-state index in [9.17, 15) is 0 Å². The molecule has 0 amide bonds. The fraction of sp³-hybridized carbons (Fsp3) is 0.700. The van der Waals surface area contributed by atoms with E-state index >= 15 is 0 Å². The van der Waals surface area contributed by atoms with Crippen molar-refractivity contribution < 1.29 is 0 Å². The van der Waals surface area contributed by atoms with Gasteiger partial charge in [0.2, 0.25) is 0 Å². The van der Waals surface area contributed by atoms with Crippen molar-refractivity contribution in [2.45, 2.75) is 25.7 Å². The van der Waals surface area contributed by atoms with Crippen LogP contribution in [0.15, 0.2) is 0 Å². The zero-order valence-electron chi connectivity index (χ0n) is 7.10. The molecule has 0 aromatic heterocycles. The van der Waals surface area contributed by atoms with Gasteiger partial charge in [-0.05, 0) is 37.7 Å². The Bertz CT molecular complexity index is 148. The minimum absolute atomic E-state index is 0.663. The van der Waals surface area contributed by atoms with Gasteiger partial charge in [-0.2, -0.15) is 11.8 Å². The first-order valence-corrected chi connectivity index (χ1v) is 5.63. The molecule has 1 unspecified atom stereocenters. The summed E-state index contributed by atoms with van der Waals surface area (Å²) in [4.78, 5) is 0. The van der Waals surface area contributed by atoms with Gasteiger partial charge in [-0.15, -0.1) is 5.92 Å². The summed E-state index contributed by atoms with van der Waals surface area (Å²) in [5.74, 6) is 8.39. The second-order valence-corrected chi connectivity index (χ2v) is 3.83. The molecule has 0 N–H and O–H groups in total. The molecule has 1 atom stereocenters. The van der Waals surface area contributed by atoms with Crippen LogP contribution in [0.2, 0.25) is 0 Å². The van der Waals surface area contributed by atoms with E-state index in [1.54, 1.807) is 0 Å². The number of unbranched alkanes of at least 4 members (excludes halogenated alkanes) is 2. The number of hydrogen-bond acceptors (Lipinski definition) is 1. The van der Waals surface area contributed by atoms with Crippen molar-refractivity contribution in [2.75, 3.05) is 12.0 Å². The van der Waals surface area contributed by atoms with Crippen LogP contribution in [0.25, 0.3) is 0 Å². The highest BCUT2D eigenvalue weighted by molar-refractivity contribution is 7.98. The molecule has 61 valence electrons. The monoisotopic (exact) mass is 167 g/mol. The molecule has 0 spiro atoms. The van der Waals surface area contributed by atoms with Gasteiger partial charge >= 0.3 is 0 Å². The predicted molar refractivity (Wildman–Crippen MR) is 52.4 cm³/mol. The van der Waals surface area contributed by atoms with Crippen molar-refractivity contribution >= 4 is 11.8 Å². The standard InChI is InChI=1S/C10H15S/c1-11-9-5-3-2-4-6-10-7-8-10/h7,10H,2-3,5,8-9H2,1H3. The summed E-state index contributed by atoms with van der Waals surface area (Å²) in [5, 5.41) is 0. The Morgan fingerprint density at radius 2 is 2.36 bits per heavy atom. The fourth-order valence-corrected chi connectivity index (χ4v) is 1.34. The summed E-state index contributed by atoms with van der Waals surface area (Å²) >= 11 is 1.92. The Balaban J connectivity index is 1.84.